The minimum atomic E-state index is -3.84. The molecule has 1 amide bonds. The second kappa shape index (κ2) is 8.67. The molecule has 0 unspecified atom stereocenters. The summed E-state index contributed by atoms with van der Waals surface area (Å²) < 4.78 is 35.7. The molecule has 33 heavy (non-hydrogen) atoms. The van der Waals surface area contributed by atoms with E-state index in [2.05, 4.69) is 4.72 Å². The number of hydrogen-bond acceptors (Lipinski definition) is 4. The number of ether oxygens (including phenoxy) is 1. The monoisotopic (exact) mass is 472 g/mol. The maximum atomic E-state index is 13.5. The molecule has 3 rings (SSSR count). The summed E-state index contributed by atoms with van der Waals surface area (Å²) in [6.07, 6.45) is 0. The van der Waals surface area contributed by atoms with E-state index < -0.39 is 15.4 Å². The van der Waals surface area contributed by atoms with Crippen LogP contribution in [0.25, 0.3) is 0 Å². The minimum absolute atomic E-state index is 0.0357. The molecule has 0 atom stereocenters. The summed E-state index contributed by atoms with van der Waals surface area (Å²) in [6, 6.07) is 5.12. The average Bonchev–Trinajstić information content (AvgIpc) is 2.80. The van der Waals surface area contributed by atoms with Crippen LogP contribution in [0.5, 0.6) is 5.75 Å². The second-order valence-corrected chi connectivity index (χ2v) is 11.8. The molecule has 180 valence electrons. The third-order valence-electron chi connectivity index (χ3n) is 6.66. The SMILES string of the molecule is Cc1c(C)c(C)c(S(=O)(=O)Nc2ccc3c(c2)N(CC(C)C)C(=O)C(C)(C)CO3)c(C)c1C. The van der Waals surface area contributed by atoms with Crippen LogP contribution in [-0.2, 0) is 14.8 Å². The molecule has 0 bridgehead atoms. The van der Waals surface area contributed by atoms with Crippen LogP contribution in [0, 0.1) is 46.0 Å². The Morgan fingerprint density at radius 3 is 2.09 bits per heavy atom. The van der Waals surface area contributed by atoms with Crippen LogP contribution in [0.1, 0.15) is 55.5 Å². The average molecular weight is 473 g/mol. The zero-order valence-electron chi connectivity index (χ0n) is 21.2. The zero-order chi connectivity index (χ0) is 24.9. The first-order chi connectivity index (χ1) is 15.2. The Morgan fingerprint density at radius 2 is 1.55 bits per heavy atom. The third kappa shape index (κ3) is 4.60. The van der Waals surface area contributed by atoms with E-state index in [1.807, 2.05) is 62.3 Å². The van der Waals surface area contributed by atoms with Gasteiger partial charge in [-0.3, -0.25) is 9.52 Å². The number of nitrogens with zero attached hydrogens (tertiary/aromatic N) is 1. The van der Waals surface area contributed by atoms with Gasteiger partial charge in [0, 0.05) is 6.54 Å². The first kappa shape index (κ1) is 25.1. The van der Waals surface area contributed by atoms with E-state index in [0.29, 0.717) is 28.6 Å². The molecule has 1 aliphatic heterocycles. The maximum absolute atomic E-state index is 13.5. The molecule has 1 heterocycles. The molecule has 1 N–H and O–H groups in total. The molecule has 0 fully saturated rings. The van der Waals surface area contributed by atoms with E-state index in [1.54, 1.807) is 23.1 Å². The molecule has 2 aromatic carbocycles. The predicted octanol–water partition coefficient (Wildman–Crippen LogP) is 5.44. The number of anilines is 2. The van der Waals surface area contributed by atoms with E-state index in [1.165, 1.54) is 0 Å². The van der Waals surface area contributed by atoms with Crippen LogP contribution < -0.4 is 14.4 Å². The van der Waals surface area contributed by atoms with Gasteiger partial charge in [-0.1, -0.05) is 13.8 Å². The molecule has 0 aromatic heterocycles. The summed E-state index contributed by atoms with van der Waals surface area (Å²) in [5.41, 5.74) is 4.86. The molecule has 1 aliphatic rings. The summed E-state index contributed by atoms with van der Waals surface area (Å²) in [5.74, 6) is 0.776. The first-order valence-electron chi connectivity index (χ1n) is 11.4. The van der Waals surface area contributed by atoms with E-state index in [-0.39, 0.29) is 18.4 Å². The number of fused-ring (bicyclic) bond motifs is 1. The Kier molecular flexibility index (Phi) is 6.59. The Morgan fingerprint density at radius 1 is 1.00 bits per heavy atom. The zero-order valence-corrected chi connectivity index (χ0v) is 22.0. The normalized spacial score (nSPS) is 15.8. The highest BCUT2D eigenvalue weighted by atomic mass is 32.2. The molecular weight excluding hydrogens is 436 g/mol. The number of carbonyl (C=O) groups is 1. The fourth-order valence-electron chi connectivity index (χ4n) is 4.33. The molecule has 0 spiro atoms. The van der Waals surface area contributed by atoms with Crippen molar-refractivity contribution in [2.45, 2.75) is 67.2 Å². The van der Waals surface area contributed by atoms with Gasteiger partial charge in [0.05, 0.1) is 21.7 Å². The molecule has 7 heteroatoms. The van der Waals surface area contributed by atoms with Crippen LogP contribution in [-0.4, -0.2) is 27.5 Å². The Labute approximate surface area is 198 Å². The van der Waals surface area contributed by atoms with E-state index in [4.69, 9.17) is 4.74 Å². The number of benzene rings is 2. The van der Waals surface area contributed by atoms with Crippen LogP contribution in [0.4, 0.5) is 11.4 Å². The van der Waals surface area contributed by atoms with Crippen molar-refractivity contribution in [3.8, 4) is 5.75 Å². The van der Waals surface area contributed by atoms with Crippen molar-refractivity contribution in [1.82, 2.24) is 0 Å². The molecule has 0 saturated heterocycles. The fraction of sp³-hybridized carbons (Fsp3) is 0.500. The molecule has 0 saturated carbocycles. The highest BCUT2D eigenvalue weighted by molar-refractivity contribution is 7.92. The van der Waals surface area contributed by atoms with Crippen LogP contribution in [0.2, 0.25) is 0 Å². The van der Waals surface area contributed by atoms with E-state index >= 15 is 0 Å². The summed E-state index contributed by atoms with van der Waals surface area (Å²) in [6.45, 7) is 18.2. The lowest BCUT2D eigenvalue weighted by atomic mass is 9.92. The lowest BCUT2D eigenvalue weighted by Crippen LogP contribution is -2.43. The van der Waals surface area contributed by atoms with Crippen molar-refractivity contribution < 1.29 is 17.9 Å². The molecule has 0 radical (unpaired) electrons. The Hall–Kier alpha value is -2.54. The van der Waals surface area contributed by atoms with Gasteiger partial charge < -0.3 is 9.64 Å². The van der Waals surface area contributed by atoms with Gasteiger partial charge in [0.25, 0.3) is 10.0 Å². The van der Waals surface area contributed by atoms with Crippen molar-refractivity contribution in [2.24, 2.45) is 11.3 Å². The second-order valence-electron chi connectivity index (χ2n) is 10.2. The van der Waals surface area contributed by atoms with Crippen LogP contribution in [0.15, 0.2) is 23.1 Å². The van der Waals surface area contributed by atoms with Crippen molar-refractivity contribution in [1.29, 1.82) is 0 Å². The predicted molar refractivity (Wildman–Crippen MR) is 134 cm³/mol. The highest BCUT2D eigenvalue weighted by Gasteiger charge is 2.38. The van der Waals surface area contributed by atoms with Crippen molar-refractivity contribution >= 4 is 27.3 Å². The minimum Gasteiger partial charge on any atom is -0.490 e. The van der Waals surface area contributed by atoms with Gasteiger partial charge in [0.1, 0.15) is 12.4 Å². The summed E-state index contributed by atoms with van der Waals surface area (Å²) in [7, 11) is -3.84. The van der Waals surface area contributed by atoms with Crippen molar-refractivity contribution in [2.75, 3.05) is 22.8 Å². The van der Waals surface area contributed by atoms with Crippen LogP contribution >= 0.6 is 0 Å². The quantitative estimate of drug-likeness (QED) is 0.629. The molecule has 2 aromatic rings. The lowest BCUT2D eigenvalue weighted by Gasteiger charge is -2.29. The van der Waals surface area contributed by atoms with E-state index in [0.717, 1.165) is 27.8 Å². The Bertz CT molecular complexity index is 1180. The maximum Gasteiger partial charge on any atom is 0.262 e. The summed E-state index contributed by atoms with van der Waals surface area (Å²) in [4.78, 5) is 15.3. The number of carbonyl (C=O) groups excluding carboxylic acids is 1. The smallest absolute Gasteiger partial charge is 0.262 e. The van der Waals surface area contributed by atoms with Gasteiger partial charge in [0.15, 0.2) is 0 Å². The molecule has 6 nitrogen and oxygen atoms in total. The van der Waals surface area contributed by atoms with Gasteiger partial charge in [-0.05, 0) is 100 Å². The van der Waals surface area contributed by atoms with Crippen molar-refractivity contribution in [3.63, 3.8) is 0 Å². The van der Waals surface area contributed by atoms with Gasteiger partial charge in [-0.25, -0.2) is 8.42 Å². The third-order valence-corrected chi connectivity index (χ3v) is 8.32. The fourth-order valence-corrected chi connectivity index (χ4v) is 5.98. The van der Waals surface area contributed by atoms with Gasteiger partial charge >= 0.3 is 0 Å². The molecular formula is C26H36N2O4S. The van der Waals surface area contributed by atoms with Gasteiger partial charge in [-0.15, -0.1) is 0 Å². The first-order valence-corrected chi connectivity index (χ1v) is 12.8. The van der Waals surface area contributed by atoms with Crippen molar-refractivity contribution in [3.05, 3.63) is 46.0 Å². The van der Waals surface area contributed by atoms with Crippen LogP contribution in [0.3, 0.4) is 0 Å². The Balaban J connectivity index is 2.09. The number of nitrogens with one attached hydrogen (secondary N) is 1. The van der Waals surface area contributed by atoms with E-state index in [9.17, 15) is 13.2 Å². The number of amides is 1. The largest absolute Gasteiger partial charge is 0.490 e. The number of hydrogen-bond donors (Lipinski definition) is 1. The highest BCUT2D eigenvalue weighted by Crippen LogP contribution is 2.39. The number of sulfonamides is 1. The van der Waals surface area contributed by atoms with Gasteiger partial charge in [-0.2, -0.15) is 0 Å². The molecule has 0 aliphatic carbocycles. The van der Waals surface area contributed by atoms with Gasteiger partial charge in [0.2, 0.25) is 5.91 Å². The lowest BCUT2D eigenvalue weighted by molar-refractivity contribution is -0.127. The summed E-state index contributed by atoms with van der Waals surface area (Å²) >= 11 is 0. The summed E-state index contributed by atoms with van der Waals surface area (Å²) in [5, 5.41) is 0. The number of rotatable bonds is 5. The standard InChI is InChI=1S/C26H36N2O4S/c1-15(2)13-28-22-12-21(10-11-23(22)32-14-26(8,9)25(28)29)27-33(30,31)24-19(6)17(4)16(3)18(5)20(24)7/h10-12,15,27H,13-14H2,1-9H3. The topological polar surface area (TPSA) is 75.7 Å².